The van der Waals surface area contributed by atoms with Crippen molar-refractivity contribution in [2.24, 2.45) is 11.8 Å². The molecule has 120 valence electrons. The second kappa shape index (κ2) is 5.33. The van der Waals surface area contributed by atoms with E-state index in [-0.39, 0.29) is 0 Å². The average Bonchev–Trinajstić information content (AvgIpc) is 3.39. The van der Waals surface area contributed by atoms with Crippen molar-refractivity contribution in [3.05, 3.63) is 35.9 Å². The minimum atomic E-state index is -0.786. The first kappa shape index (κ1) is 14.7. The highest BCUT2D eigenvalue weighted by atomic mass is 16.5. The summed E-state index contributed by atoms with van der Waals surface area (Å²) in [6.07, 6.45) is 5.15. The summed E-state index contributed by atoms with van der Waals surface area (Å²) in [5, 5.41) is 11.3. The third kappa shape index (κ3) is 2.60. The van der Waals surface area contributed by atoms with Crippen molar-refractivity contribution in [1.29, 1.82) is 0 Å². The summed E-state index contributed by atoms with van der Waals surface area (Å²) in [7, 11) is 2.36. The number of piperidine rings is 3. The topological polar surface area (TPSA) is 29.5 Å². The lowest BCUT2D eigenvalue weighted by Gasteiger charge is -2.50. The van der Waals surface area contributed by atoms with Gasteiger partial charge in [0.05, 0.1) is 26.7 Å². The van der Waals surface area contributed by atoms with Crippen molar-refractivity contribution in [3.8, 4) is 0 Å². The summed E-state index contributed by atoms with van der Waals surface area (Å²) in [6.45, 7) is 4.19. The third-order valence-corrected chi connectivity index (χ3v) is 6.27. The van der Waals surface area contributed by atoms with Crippen LogP contribution in [-0.4, -0.2) is 49.0 Å². The van der Waals surface area contributed by atoms with Crippen LogP contribution in [0.4, 0.5) is 0 Å². The highest BCUT2D eigenvalue weighted by molar-refractivity contribution is 5.25. The van der Waals surface area contributed by atoms with Gasteiger partial charge in [-0.15, -0.1) is 0 Å². The van der Waals surface area contributed by atoms with Crippen LogP contribution in [0.5, 0.6) is 0 Å². The van der Waals surface area contributed by atoms with E-state index in [9.17, 15) is 5.11 Å². The van der Waals surface area contributed by atoms with Crippen LogP contribution in [0, 0.1) is 11.8 Å². The lowest BCUT2D eigenvalue weighted by Crippen LogP contribution is -2.62. The summed E-state index contributed by atoms with van der Waals surface area (Å²) in [5.74, 6) is 1.08. The van der Waals surface area contributed by atoms with Crippen molar-refractivity contribution < 1.29 is 14.3 Å². The van der Waals surface area contributed by atoms with Gasteiger partial charge in [-0.2, -0.15) is 0 Å². The van der Waals surface area contributed by atoms with Gasteiger partial charge in [0.2, 0.25) is 0 Å². The Balaban J connectivity index is 1.47. The predicted octanol–water partition coefficient (Wildman–Crippen LogP) is 2.54. The van der Waals surface area contributed by atoms with E-state index in [2.05, 4.69) is 7.05 Å². The van der Waals surface area contributed by atoms with Crippen LogP contribution in [0.25, 0.3) is 0 Å². The van der Waals surface area contributed by atoms with E-state index in [0.29, 0.717) is 24.5 Å². The van der Waals surface area contributed by atoms with E-state index in [1.54, 1.807) is 0 Å². The first-order chi connectivity index (χ1) is 10.6. The number of hydrogen-bond donors (Lipinski definition) is 1. The Morgan fingerprint density at radius 3 is 2.41 bits per heavy atom. The summed E-state index contributed by atoms with van der Waals surface area (Å²) in [5.41, 5.74) is 0.241. The smallest absolute Gasteiger partial charge is 0.116 e. The average molecular weight is 302 g/mol. The third-order valence-electron chi connectivity index (χ3n) is 6.27. The van der Waals surface area contributed by atoms with Gasteiger partial charge in [-0.05, 0) is 24.3 Å². The summed E-state index contributed by atoms with van der Waals surface area (Å²) in [6, 6.07) is 10.1. The monoisotopic (exact) mass is 302 g/mol. The number of ether oxygens (including phenoxy) is 1. The summed E-state index contributed by atoms with van der Waals surface area (Å²) in [4.78, 5) is 0. The molecule has 1 aromatic carbocycles. The molecule has 1 N–H and O–H groups in total. The predicted molar refractivity (Wildman–Crippen MR) is 86.3 cm³/mol. The number of benzene rings is 1. The van der Waals surface area contributed by atoms with E-state index >= 15 is 0 Å². The van der Waals surface area contributed by atoms with Crippen LogP contribution in [0.2, 0.25) is 0 Å². The van der Waals surface area contributed by atoms with Gasteiger partial charge >= 0.3 is 0 Å². The Labute approximate surface area is 133 Å². The van der Waals surface area contributed by atoms with E-state index in [0.717, 1.165) is 29.4 Å². The number of aliphatic hydroxyl groups is 1. The molecule has 4 fully saturated rings. The standard InChI is InChI=1S/C19H28NO2/c1-20-11-9-15(10-12-20)18(13-20)22-14-19(21,17-7-8-17)16-5-3-2-4-6-16/h2-6,15,17-18,21H,7-14H2,1H3/q+1. The molecule has 1 aliphatic carbocycles. The van der Waals surface area contributed by atoms with Gasteiger partial charge in [-0.25, -0.2) is 0 Å². The minimum absolute atomic E-state index is 0.335. The molecule has 2 bridgehead atoms. The highest BCUT2D eigenvalue weighted by Crippen LogP contribution is 2.46. The molecule has 22 heavy (non-hydrogen) atoms. The second-order valence-electron chi connectivity index (χ2n) is 8.00. The van der Waals surface area contributed by atoms with Gasteiger partial charge in [-0.3, -0.25) is 0 Å². The number of nitrogens with zero attached hydrogens (tertiary/aromatic N) is 1. The number of hydrogen-bond acceptors (Lipinski definition) is 2. The van der Waals surface area contributed by atoms with Crippen molar-refractivity contribution in [1.82, 2.24) is 0 Å². The fourth-order valence-corrected chi connectivity index (χ4v) is 4.50. The maximum atomic E-state index is 11.3. The molecule has 2 unspecified atom stereocenters. The van der Waals surface area contributed by atoms with Crippen molar-refractivity contribution in [3.63, 3.8) is 0 Å². The van der Waals surface area contributed by atoms with Crippen LogP contribution >= 0.6 is 0 Å². The highest BCUT2D eigenvalue weighted by Gasteiger charge is 2.48. The van der Waals surface area contributed by atoms with E-state index in [1.807, 2.05) is 30.3 Å². The van der Waals surface area contributed by atoms with Crippen LogP contribution in [0.1, 0.15) is 31.2 Å². The Kier molecular flexibility index (Phi) is 3.55. The van der Waals surface area contributed by atoms with Gasteiger partial charge in [0.15, 0.2) is 0 Å². The number of fused-ring (bicyclic) bond motifs is 3. The first-order valence-electron chi connectivity index (χ1n) is 8.82. The van der Waals surface area contributed by atoms with Gasteiger partial charge < -0.3 is 14.3 Å². The molecule has 1 saturated carbocycles. The molecule has 2 atom stereocenters. The number of quaternary nitrogens is 1. The Morgan fingerprint density at radius 1 is 1.14 bits per heavy atom. The Morgan fingerprint density at radius 2 is 1.82 bits per heavy atom. The van der Waals surface area contributed by atoms with Crippen LogP contribution < -0.4 is 0 Å². The number of rotatable bonds is 5. The Hall–Kier alpha value is -0.900. The molecule has 3 aliphatic heterocycles. The molecule has 4 aliphatic rings. The van der Waals surface area contributed by atoms with E-state index < -0.39 is 5.60 Å². The molecule has 3 saturated heterocycles. The van der Waals surface area contributed by atoms with Crippen molar-refractivity contribution in [2.45, 2.75) is 37.4 Å². The molecule has 3 heterocycles. The molecule has 1 aromatic rings. The molecule has 0 spiro atoms. The molecule has 0 amide bonds. The molecule has 3 nitrogen and oxygen atoms in total. The first-order valence-corrected chi connectivity index (χ1v) is 8.82. The molecular formula is C19H28NO2+. The zero-order valence-corrected chi connectivity index (χ0v) is 13.6. The van der Waals surface area contributed by atoms with E-state index in [1.165, 1.54) is 25.9 Å². The fraction of sp³-hybridized carbons (Fsp3) is 0.684. The lowest BCUT2D eigenvalue weighted by molar-refractivity contribution is -0.928. The summed E-state index contributed by atoms with van der Waals surface area (Å²) < 4.78 is 7.50. The van der Waals surface area contributed by atoms with Gasteiger partial charge in [0.25, 0.3) is 0 Å². The molecular weight excluding hydrogens is 274 g/mol. The molecule has 0 aromatic heterocycles. The molecule has 5 rings (SSSR count). The fourth-order valence-electron chi connectivity index (χ4n) is 4.50. The molecule has 0 radical (unpaired) electrons. The minimum Gasteiger partial charge on any atom is -0.382 e. The lowest BCUT2D eigenvalue weighted by atomic mass is 9.83. The van der Waals surface area contributed by atoms with Crippen LogP contribution in [0.15, 0.2) is 30.3 Å². The van der Waals surface area contributed by atoms with Crippen LogP contribution in [0.3, 0.4) is 0 Å². The Bertz CT molecular complexity index is 519. The maximum absolute atomic E-state index is 11.3. The quantitative estimate of drug-likeness (QED) is 0.847. The zero-order valence-electron chi connectivity index (χ0n) is 13.6. The van der Waals surface area contributed by atoms with Crippen LogP contribution in [-0.2, 0) is 10.3 Å². The summed E-state index contributed by atoms with van der Waals surface area (Å²) >= 11 is 0. The van der Waals surface area contributed by atoms with Crippen molar-refractivity contribution in [2.75, 3.05) is 33.3 Å². The molecule has 3 heteroatoms. The normalized spacial score (nSPS) is 37.0. The SMILES string of the molecule is C[N+]12CCC(CC1)C(OCC(O)(c1ccccc1)C1CC1)C2. The van der Waals surface area contributed by atoms with Gasteiger partial charge in [0.1, 0.15) is 18.2 Å². The zero-order chi connectivity index (χ0) is 15.2. The largest absolute Gasteiger partial charge is 0.382 e. The van der Waals surface area contributed by atoms with Gasteiger partial charge in [-0.1, -0.05) is 30.3 Å². The second-order valence-corrected chi connectivity index (χ2v) is 8.00. The maximum Gasteiger partial charge on any atom is 0.116 e. The van der Waals surface area contributed by atoms with Gasteiger partial charge in [0, 0.05) is 18.8 Å². The number of likely N-dealkylation sites (N-methyl/N-ethyl adjacent to an activating group) is 1. The van der Waals surface area contributed by atoms with Crippen molar-refractivity contribution >= 4 is 0 Å². The van der Waals surface area contributed by atoms with E-state index in [4.69, 9.17) is 4.74 Å².